The summed E-state index contributed by atoms with van der Waals surface area (Å²) in [6.07, 6.45) is 3.96. The van der Waals surface area contributed by atoms with Crippen LogP contribution >= 0.6 is 0 Å². The molecule has 0 aromatic heterocycles. The molecule has 0 aliphatic heterocycles. The maximum Gasteiger partial charge on any atom is 0.221 e. The lowest BCUT2D eigenvalue weighted by Crippen LogP contribution is -2.42. The fourth-order valence-corrected chi connectivity index (χ4v) is 2.79. The standard InChI is InChI=1S/C16H24N2O/c1-12-5-3-6-14(9-12)13(2)18-15(19)10-16(11-17)7-4-8-16/h3,5-6,9,13H,4,7-8,10-11,17H2,1-2H3,(H,18,19)/t13-/m1/s1. The molecule has 1 aliphatic carbocycles. The SMILES string of the molecule is Cc1cccc([C@@H](C)NC(=O)CC2(CN)CCC2)c1. The first-order valence-corrected chi connectivity index (χ1v) is 7.11. The Labute approximate surface area is 115 Å². The average Bonchev–Trinajstić information content (AvgIpc) is 2.34. The van der Waals surface area contributed by atoms with Crippen LogP contribution in [0, 0.1) is 12.3 Å². The Morgan fingerprint density at radius 2 is 2.21 bits per heavy atom. The molecule has 2 rings (SSSR count). The highest BCUT2D eigenvalue weighted by Gasteiger charge is 2.37. The molecule has 19 heavy (non-hydrogen) atoms. The van der Waals surface area contributed by atoms with Gasteiger partial charge >= 0.3 is 0 Å². The molecule has 1 aromatic carbocycles. The topological polar surface area (TPSA) is 55.1 Å². The van der Waals surface area contributed by atoms with Gasteiger partial charge in [0.2, 0.25) is 5.91 Å². The van der Waals surface area contributed by atoms with Crippen molar-refractivity contribution in [1.82, 2.24) is 5.32 Å². The number of nitrogens with two attached hydrogens (primary N) is 1. The molecule has 1 amide bonds. The number of benzene rings is 1. The van der Waals surface area contributed by atoms with Crippen LogP contribution in [0.5, 0.6) is 0 Å². The largest absolute Gasteiger partial charge is 0.350 e. The van der Waals surface area contributed by atoms with Crippen molar-refractivity contribution in [3.63, 3.8) is 0 Å². The van der Waals surface area contributed by atoms with Gasteiger partial charge in [0.05, 0.1) is 6.04 Å². The van der Waals surface area contributed by atoms with Gasteiger partial charge in [-0.1, -0.05) is 36.2 Å². The van der Waals surface area contributed by atoms with Crippen molar-refractivity contribution < 1.29 is 4.79 Å². The molecule has 3 N–H and O–H groups in total. The van der Waals surface area contributed by atoms with E-state index in [1.165, 1.54) is 12.0 Å². The summed E-state index contributed by atoms with van der Waals surface area (Å²) in [5.74, 6) is 0.124. The predicted octanol–water partition coefficient (Wildman–Crippen LogP) is 2.69. The zero-order valence-electron chi connectivity index (χ0n) is 11.9. The van der Waals surface area contributed by atoms with Gasteiger partial charge in [-0.15, -0.1) is 0 Å². The number of hydrogen-bond acceptors (Lipinski definition) is 2. The summed E-state index contributed by atoms with van der Waals surface area (Å²) in [7, 11) is 0. The van der Waals surface area contributed by atoms with Gasteiger partial charge in [0.25, 0.3) is 0 Å². The van der Waals surface area contributed by atoms with Gasteiger partial charge in [-0.2, -0.15) is 0 Å². The van der Waals surface area contributed by atoms with Crippen LogP contribution in [0.3, 0.4) is 0 Å². The highest BCUT2D eigenvalue weighted by molar-refractivity contribution is 5.77. The van der Waals surface area contributed by atoms with E-state index in [-0.39, 0.29) is 17.4 Å². The average molecular weight is 260 g/mol. The van der Waals surface area contributed by atoms with E-state index in [0.717, 1.165) is 18.4 Å². The van der Waals surface area contributed by atoms with E-state index in [2.05, 4.69) is 30.4 Å². The lowest BCUT2D eigenvalue weighted by molar-refractivity contribution is -0.125. The molecule has 3 nitrogen and oxygen atoms in total. The van der Waals surface area contributed by atoms with Crippen LogP contribution in [-0.2, 0) is 4.79 Å². The minimum absolute atomic E-state index is 0.0577. The maximum atomic E-state index is 12.1. The minimum Gasteiger partial charge on any atom is -0.350 e. The molecule has 1 aliphatic rings. The lowest BCUT2D eigenvalue weighted by Gasteiger charge is -2.40. The summed E-state index contributed by atoms with van der Waals surface area (Å²) in [5, 5.41) is 3.09. The first-order chi connectivity index (χ1) is 9.04. The summed E-state index contributed by atoms with van der Waals surface area (Å²) >= 11 is 0. The number of carbonyl (C=O) groups excluding carboxylic acids is 1. The first-order valence-electron chi connectivity index (χ1n) is 7.11. The third-order valence-electron chi connectivity index (χ3n) is 4.30. The second-order valence-corrected chi connectivity index (χ2v) is 5.94. The van der Waals surface area contributed by atoms with Crippen LogP contribution in [0.2, 0.25) is 0 Å². The van der Waals surface area contributed by atoms with Gasteiger partial charge < -0.3 is 11.1 Å². The lowest BCUT2D eigenvalue weighted by atomic mass is 9.66. The minimum atomic E-state index is 0.0577. The van der Waals surface area contributed by atoms with Crippen molar-refractivity contribution in [3.05, 3.63) is 35.4 Å². The summed E-state index contributed by atoms with van der Waals surface area (Å²) in [4.78, 5) is 12.1. The molecule has 1 fully saturated rings. The maximum absolute atomic E-state index is 12.1. The molecular weight excluding hydrogens is 236 g/mol. The van der Waals surface area contributed by atoms with Crippen LogP contribution < -0.4 is 11.1 Å². The molecule has 0 spiro atoms. The van der Waals surface area contributed by atoms with Gasteiger partial charge in [0.1, 0.15) is 0 Å². The van der Waals surface area contributed by atoms with Crippen LogP contribution in [0.1, 0.15) is 49.8 Å². The molecule has 0 heterocycles. The molecular formula is C16H24N2O. The zero-order chi connectivity index (χ0) is 13.9. The Bertz CT molecular complexity index is 446. The third-order valence-corrected chi connectivity index (χ3v) is 4.30. The van der Waals surface area contributed by atoms with Crippen molar-refractivity contribution >= 4 is 5.91 Å². The smallest absolute Gasteiger partial charge is 0.221 e. The molecule has 0 bridgehead atoms. The van der Waals surface area contributed by atoms with Crippen LogP contribution in [0.25, 0.3) is 0 Å². The number of rotatable bonds is 5. The highest BCUT2D eigenvalue weighted by atomic mass is 16.1. The highest BCUT2D eigenvalue weighted by Crippen LogP contribution is 2.42. The Balaban J connectivity index is 1.91. The molecule has 104 valence electrons. The van der Waals surface area contributed by atoms with Crippen LogP contribution in [0.15, 0.2) is 24.3 Å². The fourth-order valence-electron chi connectivity index (χ4n) is 2.79. The second-order valence-electron chi connectivity index (χ2n) is 5.94. The summed E-state index contributed by atoms with van der Waals surface area (Å²) < 4.78 is 0. The number of amides is 1. The Hall–Kier alpha value is -1.35. The van der Waals surface area contributed by atoms with Crippen molar-refractivity contribution in [3.8, 4) is 0 Å². The van der Waals surface area contributed by atoms with Gasteiger partial charge in [-0.3, -0.25) is 4.79 Å². The summed E-state index contributed by atoms with van der Waals surface area (Å²) in [6, 6.07) is 8.32. The van der Waals surface area contributed by atoms with Crippen molar-refractivity contribution in [2.75, 3.05) is 6.54 Å². The first kappa shape index (κ1) is 14.1. The fraction of sp³-hybridized carbons (Fsp3) is 0.562. The molecule has 0 saturated heterocycles. The van der Waals surface area contributed by atoms with E-state index in [1.54, 1.807) is 0 Å². The van der Waals surface area contributed by atoms with Gasteiger partial charge in [0, 0.05) is 6.42 Å². The van der Waals surface area contributed by atoms with E-state index in [9.17, 15) is 4.79 Å². The molecule has 0 unspecified atom stereocenters. The Kier molecular flexibility index (Phi) is 4.25. The van der Waals surface area contributed by atoms with Crippen molar-refractivity contribution in [1.29, 1.82) is 0 Å². The molecule has 1 saturated carbocycles. The third kappa shape index (κ3) is 3.35. The quantitative estimate of drug-likeness (QED) is 0.855. The van der Waals surface area contributed by atoms with Crippen LogP contribution in [0.4, 0.5) is 0 Å². The molecule has 1 aromatic rings. The normalized spacial score (nSPS) is 18.5. The Morgan fingerprint density at radius 1 is 1.47 bits per heavy atom. The number of nitrogens with one attached hydrogen (secondary N) is 1. The molecule has 1 atom stereocenters. The summed E-state index contributed by atoms with van der Waals surface area (Å²) in [5.41, 5.74) is 8.25. The van der Waals surface area contributed by atoms with E-state index in [4.69, 9.17) is 5.73 Å². The van der Waals surface area contributed by atoms with E-state index >= 15 is 0 Å². The molecule has 3 heteroatoms. The number of aryl methyl sites for hydroxylation is 1. The van der Waals surface area contributed by atoms with Gasteiger partial charge in [-0.25, -0.2) is 0 Å². The monoisotopic (exact) mass is 260 g/mol. The predicted molar refractivity (Wildman–Crippen MR) is 77.7 cm³/mol. The van der Waals surface area contributed by atoms with Crippen LogP contribution in [-0.4, -0.2) is 12.5 Å². The van der Waals surface area contributed by atoms with E-state index < -0.39 is 0 Å². The molecule has 0 radical (unpaired) electrons. The summed E-state index contributed by atoms with van der Waals surface area (Å²) in [6.45, 7) is 4.72. The second kappa shape index (κ2) is 5.74. The van der Waals surface area contributed by atoms with E-state index in [1.807, 2.05) is 13.0 Å². The van der Waals surface area contributed by atoms with Gasteiger partial charge in [0.15, 0.2) is 0 Å². The number of carbonyl (C=O) groups is 1. The Morgan fingerprint density at radius 3 is 2.74 bits per heavy atom. The van der Waals surface area contributed by atoms with Gasteiger partial charge in [-0.05, 0) is 44.2 Å². The number of hydrogen-bond donors (Lipinski definition) is 2. The van der Waals surface area contributed by atoms with Crippen molar-refractivity contribution in [2.24, 2.45) is 11.1 Å². The van der Waals surface area contributed by atoms with E-state index in [0.29, 0.717) is 13.0 Å². The zero-order valence-corrected chi connectivity index (χ0v) is 11.9. The van der Waals surface area contributed by atoms with Crippen molar-refractivity contribution in [2.45, 2.75) is 45.6 Å².